The standard InChI is InChI=1S/C14H17NO6/c1-3-14(4-2,9-12(16)17)21-13(18)10-7-5-6-8-11(10)15(19)20/h5-8H,3-4,9H2,1-2H3,(H,16,17). The van der Waals surface area contributed by atoms with Gasteiger partial charge in [-0.2, -0.15) is 0 Å². The van der Waals surface area contributed by atoms with Crippen molar-refractivity contribution in [3.63, 3.8) is 0 Å². The van der Waals surface area contributed by atoms with E-state index >= 15 is 0 Å². The maximum Gasteiger partial charge on any atom is 0.345 e. The van der Waals surface area contributed by atoms with Crippen LogP contribution in [0.15, 0.2) is 24.3 Å². The van der Waals surface area contributed by atoms with Gasteiger partial charge in [0.2, 0.25) is 0 Å². The van der Waals surface area contributed by atoms with Crippen LogP contribution >= 0.6 is 0 Å². The van der Waals surface area contributed by atoms with Gasteiger partial charge in [0, 0.05) is 6.07 Å². The summed E-state index contributed by atoms with van der Waals surface area (Å²) in [6.07, 6.45) is 0.275. The van der Waals surface area contributed by atoms with E-state index in [-0.39, 0.29) is 17.7 Å². The van der Waals surface area contributed by atoms with Gasteiger partial charge in [-0.25, -0.2) is 4.79 Å². The van der Waals surface area contributed by atoms with Gasteiger partial charge in [-0.1, -0.05) is 26.0 Å². The maximum absolute atomic E-state index is 12.2. The Kier molecular flexibility index (Phi) is 5.40. The number of esters is 1. The molecule has 7 heteroatoms. The van der Waals surface area contributed by atoms with Crippen molar-refractivity contribution in [1.82, 2.24) is 0 Å². The number of hydrogen-bond acceptors (Lipinski definition) is 5. The van der Waals surface area contributed by atoms with Crippen LogP contribution < -0.4 is 0 Å². The SMILES string of the molecule is CCC(CC)(CC(=O)O)OC(=O)c1ccccc1[N+](=O)[O-]. The number of carbonyl (C=O) groups excluding carboxylic acids is 1. The highest BCUT2D eigenvalue weighted by molar-refractivity contribution is 5.94. The van der Waals surface area contributed by atoms with Crippen LogP contribution in [0.2, 0.25) is 0 Å². The number of rotatable bonds is 7. The van der Waals surface area contributed by atoms with Gasteiger partial charge in [0.25, 0.3) is 5.69 Å². The molecule has 0 aromatic heterocycles. The van der Waals surface area contributed by atoms with Gasteiger partial charge in [0.15, 0.2) is 0 Å². The molecule has 0 bridgehead atoms. The lowest BCUT2D eigenvalue weighted by Crippen LogP contribution is -2.36. The molecule has 1 N–H and O–H groups in total. The van der Waals surface area contributed by atoms with E-state index in [0.29, 0.717) is 12.8 Å². The van der Waals surface area contributed by atoms with Crippen LogP contribution in [0.25, 0.3) is 0 Å². The zero-order valence-corrected chi connectivity index (χ0v) is 11.9. The van der Waals surface area contributed by atoms with Crippen LogP contribution in [0.4, 0.5) is 5.69 Å². The van der Waals surface area contributed by atoms with Crippen molar-refractivity contribution in [2.24, 2.45) is 0 Å². The fourth-order valence-electron chi connectivity index (χ4n) is 2.01. The number of carboxylic acid groups (broad SMARTS) is 1. The molecule has 0 heterocycles. The number of aliphatic carboxylic acids is 1. The molecular weight excluding hydrogens is 278 g/mol. The average molecular weight is 295 g/mol. The molecule has 0 aliphatic heterocycles. The first-order valence-electron chi connectivity index (χ1n) is 6.53. The summed E-state index contributed by atoms with van der Waals surface area (Å²) in [5, 5.41) is 19.9. The molecule has 0 atom stereocenters. The first-order chi connectivity index (χ1) is 9.85. The Morgan fingerprint density at radius 1 is 1.29 bits per heavy atom. The normalized spacial score (nSPS) is 11.0. The third kappa shape index (κ3) is 4.01. The Balaban J connectivity index is 3.08. The fraction of sp³-hybridized carbons (Fsp3) is 0.429. The summed E-state index contributed by atoms with van der Waals surface area (Å²) in [6, 6.07) is 5.42. The average Bonchev–Trinajstić information content (AvgIpc) is 2.45. The zero-order valence-electron chi connectivity index (χ0n) is 11.9. The second-order valence-corrected chi connectivity index (χ2v) is 4.62. The number of benzene rings is 1. The highest BCUT2D eigenvalue weighted by Crippen LogP contribution is 2.28. The molecule has 0 aliphatic carbocycles. The predicted molar refractivity (Wildman–Crippen MR) is 74.1 cm³/mol. The Hall–Kier alpha value is -2.44. The smallest absolute Gasteiger partial charge is 0.345 e. The highest BCUT2D eigenvalue weighted by Gasteiger charge is 2.35. The molecule has 0 amide bonds. The van der Waals surface area contributed by atoms with Crippen LogP contribution in [0.1, 0.15) is 43.5 Å². The lowest BCUT2D eigenvalue weighted by Gasteiger charge is -2.29. The van der Waals surface area contributed by atoms with Gasteiger partial charge < -0.3 is 9.84 Å². The van der Waals surface area contributed by atoms with Crippen LogP contribution in [0.3, 0.4) is 0 Å². The highest BCUT2D eigenvalue weighted by atomic mass is 16.6. The quantitative estimate of drug-likeness (QED) is 0.471. The molecule has 0 aliphatic rings. The molecule has 7 nitrogen and oxygen atoms in total. The molecule has 1 aromatic carbocycles. The monoisotopic (exact) mass is 295 g/mol. The molecule has 114 valence electrons. The largest absolute Gasteiger partial charge is 0.481 e. The van der Waals surface area contributed by atoms with Crippen molar-refractivity contribution in [1.29, 1.82) is 0 Å². The number of para-hydroxylation sites is 1. The van der Waals surface area contributed by atoms with Crippen molar-refractivity contribution in [3.05, 3.63) is 39.9 Å². The number of nitro groups is 1. The summed E-state index contributed by atoms with van der Waals surface area (Å²) in [5.74, 6) is -1.97. The molecule has 0 saturated heterocycles. The van der Waals surface area contributed by atoms with E-state index in [0.717, 1.165) is 0 Å². The Bertz CT molecular complexity index is 550. The summed E-state index contributed by atoms with van der Waals surface area (Å²) < 4.78 is 5.30. The summed E-state index contributed by atoms with van der Waals surface area (Å²) in [6.45, 7) is 3.41. The van der Waals surface area contributed by atoms with Crippen LogP contribution in [-0.2, 0) is 9.53 Å². The third-order valence-electron chi connectivity index (χ3n) is 3.39. The number of ether oxygens (including phenoxy) is 1. The van der Waals surface area contributed by atoms with Crippen LogP contribution in [-0.4, -0.2) is 27.6 Å². The van der Waals surface area contributed by atoms with Crippen molar-refractivity contribution < 1.29 is 24.4 Å². The Labute approximate surface area is 121 Å². The van der Waals surface area contributed by atoms with E-state index in [1.165, 1.54) is 24.3 Å². The molecule has 1 aromatic rings. The van der Waals surface area contributed by atoms with E-state index < -0.39 is 22.5 Å². The summed E-state index contributed by atoms with van der Waals surface area (Å²) in [4.78, 5) is 33.3. The minimum absolute atomic E-state index is 0.181. The summed E-state index contributed by atoms with van der Waals surface area (Å²) in [7, 11) is 0. The van der Waals surface area contributed by atoms with Gasteiger partial charge >= 0.3 is 11.9 Å². The molecule has 0 saturated carbocycles. The second-order valence-electron chi connectivity index (χ2n) is 4.62. The predicted octanol–water partition coefficient (Wildman–Crippen LogP) is 2.79. The topological polar surface area (TPSA) is 107 Å². The number of carbonyl (C=O) groups is 2. The van der Waals surface area contributed by atoms with Crippen molar-refractivity contribution in [2.75, 3.05) is 0 Å². The maximum atomic E-state index is 12.2. The van der Waals surface area contributed by atoms with E-state index in [1.54, 1.807) is 13.8 Å². The molecule has 0 fully saturated rings. The number of nitrogens with zero attached hydrogens (tertiary/aromatic N) is 1. The fourth-order valence-corrected chi connectivity index (χ4v) is 2.01. The van der Waals surface area contributed by atoms with Gasteiger partial charge in [0.05, 0.1) is 11.3 Å². The molecular formula is C14H17NO6. The van der Waals surface area contributed by atoms with E-state index in [2.05, 4.69) is 0 Å². The van der Waals surface area contributed by atoms with E-state index in [9.17, 15) is 19.7 Å². The number of carboxylic acids is 1. The minimum atomic E-state index is -1.16. The lowest BCUT2D eigenvalue weighted by molar-refractivity contribution is -0.385. The molecule has 0 spiro atoms. The van der Waals surface area contributed by atoms with Crippen molar-refractivity contribution in [3.8, 4) is 0 Å². The Morgan fingerprint density at radius 3 is 2.33 bits per heavy atom. The zero-order chi connectivity index (χ0) is 16.0. The molecule has 0 unspecified atom stereocenters. The van der Waals surface area contributed by atoms with E-state index in [1.807, 2.05) is 0 Å². The third-order valence-corrected chi connectivity index (χ3v) is 3.39. The molecule has 1 rings (SSSR count). The van der Waals surface area contributed by atoms with Crippen LogP contribution in [0, 0.1) is 10.1 Å². The summed E-state index contributed by atoms with van der Waals surface area (Å²) in [5.41, 5.74) is -1.70. The first-order valence-corrected chi connectivity index (χ1v) is 6.53. The first kappa shape index (κ1) is 16.6. The Morgan fingerprint density at radius 2 is 1.86 bits per heavy atom. The van der Waals surface area contributed by atoms with E-state index in [4.69, 9.17) is 9.84 Å². The number of hydrogen-bond donors (Lipinski definition) is 1. The number of nitro benzene ring substituents is 1. The second kappa shape index (κ2) is 6.83. The summed E-state index contributed by atoms with van der Waals surface area (Å²) >= 11 is 0. The van der Waals surface area contributed by atoms with Crippen molar-refractivity contribution in [2.45, 2.75) is 38.7 Å². The van der Waals surface area contributed by atoms with Gasteiger partial charge in [0.1, 0.15) is 11.2 Å². The van der Waals surface area contributed by atoms with Gasteiger partial charge in [-0.05, 0) is 18.9 Å². The van der Waals surface area contributed by atoms with Crippen molar-refractivity contribution >= 4 is 17.6 Å². The lowest BCUT2D eigenvalue weighted by atomic mass is 9.93. The van der Waals surface area contributed by atoms with Crippen LogP contribution in [0.5, 0.6) is 0 Å². The molecule has 21 heavy (non-hydrogen) atoms. The molecule has 0 radical (unpaired) electrons. The van der Waals surface area contributed by atoms with Gasteiger partial charge in [-0.15, -0.1) is 0 Å². The minimum Gasteiger partial charge on any atom is -0.481 e. The van der Waals surface area contributed by atoms with Gasteiger partial charge in [-0.3, -0.25) is 14.9 Å².